The maximum atomic E-state index is 13.4. The molecule has 0 aromatic heterocycles. The summed E-state index contributed by atoms with van der Waals surface area (Å²) in [7, 11) is 0. The van der Waals surface area contributed by atoms with E-state index in [0.29, 0.717) is 19.2 Å². The summed E-state index contributed by atoms with van der Waals surface area (Å²) >= 11 is 2.93. The molecule has 0 fully saturated rings. The first-order valence-electron chi connectivity index (χ1n) is 4.95. The largest absolute Gasteiger partial charge is 0.339 e. The summed E-state index contributed by atoms with van der Waals surface area (Å²) < 4.78 is 26.5. The quantitative estimate of drug-likeness (QED) is 0.783. The van der Waals surface area contributed by atoms with Gasteiger partial charge in [0.15, 0.2) is 0 Å². The lowest BCUT2D eigenvalue weighted by Gasteiger charge is -2.19. The van der Waals surface area contributed by atoms with Crippen molar-refractivity contribution < 1.29 is 13.6 Å². The molecule has 0 heterocycles. The van der Waals surface area contributed by atoms with Crippen molar-refractivity contribution in [1.82, 2.24) is 4.90 Å². The number of nitrogens with zero attached hydrogens (tertiary/aromatic N) is 1. The van der Waals surface area contributed by atoms with Gasteiger partial charge in [-0.25, -0.2) is 8.78 Å². The van der Waals surface area contributed by atoms with Crippen molar-refractivity contribution in [2.75, 3.05) is 13.1 Å². The molecule has 0 aliphatic carbocycles. The SMILES string of the molecule is CCN(CC)C(=O)c1cc(Br)c(F)cc1F. The highest BCUT2D eigenvalue weighted by Crippen LogP contribution is 2.21. The molecule has 1 amide bonds. The normalized spacial score (nSPS) is 10.3. The molecule has 0 spiro atoms. The van der Waals surface area contributed by atoms with Gasteiger partial charge in [0.1, 0.15) is 11.6 Å². The van der Waals surface area contributed by atoms with Crippen LogP contribution in [0.3, 0.4) is 0 Å². The Morgan fingerprint density at radius 2 is 1.81 bits per heavy atom. The van der Waals surface area contributed by atoms with Crippen molar-refractivity contribution >= 4 is 21.8 Å². The Kier molecular flexibility index (Phi) is 4.41. The average molecular weight is 292 g/mol. The summed E-state index contributed by atoms with van der Waals surface area (Å²) in [4.78, 5) is 13.3. The van der Waals surface area contributed by atoms with Crippen molar-refractivity contribution in [1.29, 1.82) is 0 Å². The molecule has 5 heteroatoms. The van der Waals surface area contributed by atoms with E-state index in [1.54, 1.807) is 13.8 Å². The molecule has 1 aromatic carbocycles. The van der Waals surface area contributed by atoms with E-state index in [2.05, 4.69) is 15.9 Å². The molecule has 0 unspecified atom stereocenters. The van der Waals surface area contributed by atoms with Gasteiger partial charge in [-0.1, -0.05) is 0 Å². The number of hydrogen-bond acceptors (Lipinski definition) is 1. The summed E-state index contributed by atoms with van der Waals surface area (Å²) in [6, 6.07) is 1.88. The number of hydrogen-bond donors (Lipinski definition) is 0. The smallest absolute Gasteiger partial charge is 0.256 e. The van der Waals surface area contributed by atoms with E-state index < -0.39 is 17.5 Å². The molecule has 0 saturated heterocycles. The van der Waals surface area contributed by atoms with Crippen LogP contribution in [-0.4, -0.2) is 23.9 Å². The summed E-state index contributed by atoms with van der Waals surface area (Å²) in [6.45, 7) is 4.59. The van der Waals surface area contributed by atoms with Gasteiger partial charge in [0.2, 0.25) is 0 Å². The van der Waals surface area contributed by atoms with Crippen LogP contribution in [-0.2, 0) is 0 Å². The van der Waals surface area contributed by atoms with Crippen LogP contribution in [0.1, 0.15) is 24.2 Å². The lowest BCUT2D eigenvalue weighted by Crippen LogP contribution is -2.31. The molecule has 0 N–H and O–H groups in total. The van der Waals surface area contributed by atoms with E-state index in [9.17, 15) is 13.6 Å². The predicted octanol–water partition coefficient (Wildman–Crippen LogP) is 3.21. The van der Waals surface area contributed by atoms with E-state index in [4.69, 9.17) is 0 Å². The Hall–Kier alpha value is -0.970. The average Bonchev–Trinajstić information content (AvgIpc) is 2.25. The molecule has 0 aliphatic rings. The van der Waals surface area contributed by atoms with Gasteiger partial charge in [0, 0.05) is 19.2 Å². The van der Waals surface area contributed by atoms with Crippen molar-refractivity contribution in [2.24, 2.45) is 0 Å². The van der Waals surface area contributed by atoms with Crippen molar-refractivity contribution in [3.63, 3.8) is 0 Å². The third-order valence-corrected chi connectivity index (χ3v) is 2.90. The van der Waals surface area contributed by atoms with E-state index >= 15 is 0 Å². The zero-order valence-electron chi connectivity index (χ0n) is 9.06. The molecule has 0 atom stereocenters. The Morgan fingerprint density at radius 1 is 1.25 bits per heavy atom. The molecule has 2 nitrogen and oxygen atoms in total. The Balaban J connectivity index is 3.13. The van der Waals surface area contributed by atoms with Gasteiger partial charge in [0.05, 0.1) is 10.0 Å². The maximum Gasteiger partial charge on any atom is 0.256 e. The zero-order valence-corrected chi connectivity index (χ0v) is 10.6. The Bertz CT molecular complexity index is 405. The number of carbonyl (C=O) groups excluding carboxylic acids is 1. The molecule has 0 saturated carbocycles. The molecule has 1 rings (SSSR count). The first-order chi connectivity index (χ1) is 7.51. The van der Waals surface area contributed by atoms with Crippen LogP contribution in [0.2, 0.25) is 0 Å². The third-order valence-electron chi connectivity index (χ3n) is 2.29. The van der Waals surface area contributed by atoms with Gasteiger partial charge in [-0.3, -0.25) is 4.79 Å². The number of rotatable bonds is 3. The van der Waals surface area contributed by atoms with Crippen molar-refractivity contribution in [3.05, 3.63) is 33.8 Å². The monoisotopic (exact) mass is 291 g/mol. The summed E-state index contributed by atoms with van der Waals surface area (Å²) in [5.74, 6) is -1.98. The molecule has 88 valence electrons. The lowest BCUT2D eigenvalue weighted by molar-refractivity contribution is 0.0768. The second kappa shape index (κ2) is 5.39. The first kappa shape index (κ1) is 13.1. The molecule has 0 radical (unpaired) electrons. The van der Waals surface area contributed by atoms with Gasteiger partial charge in [0.25, 0.3) is 5.91 Å². The van der Waals surface area contributed by atoms with E-state index in [0.717, 1.165) is 0 Å². The summed E-state index contributed by atoms with van der Waals surface area (Å²) in [5, 5.41) is 0. The molecule has 1 aromatic rings. The molecular formula is C11H12BrF2NO. The summed E-state index contributed by atoms with van der Waals surface area (Å²) in [6.07, 6.45) is 0. The standard InChI is InChI=1S/C11H12BrF2NO/c1-3-15(4-2)11(16)7-5-8(12)10(14)6-9(7)13/h5-6H,3-4H2,1-2H3. The van der Waals surface area contributed by atoms with E-state index in [1.807, 2.05) is 0 Å². The molecule has 16 heavy (non-hydrogen) atoms. The summed E-state index contributed by atoms with van der Waals surface area (Å²) in [5.41, 5.74) is -0.114. The molecule has 0 bridgehead atoms. The highest BCUT2D eigenvalue weighted by Gasteiger charge is 2.18. The fourth-order valence-corrected chi connectivity index (χ4v) is 1.71. The van der Waals surface area contributed by atoms with Gasteiger partial charge in [-0.05, 0) is 35.8 Å². The minimum absolute atomic E-state index is 0.0874. The van der Waals surface area contributed by atoms with Crippen LogP contribution < -0.4 is 0 Å². The van der Waals surface area contributed by atoms with E-state index in [-0.39, 0.29) is 10.0 Å². The van der Waals surface area contributed by atoms with Gasteiger partial charge in [-0.15, -0.1) is 0 Å². The van der Waals surface area contributed by atoms with Crippen molar-refractivity contribution in [2.45, 2.75) is 13.8 Å². The van der Waals surface area contributed by atoms with E-state index in [1.165, 1.54) is 11.0 Å². The highest BCUT2D eigenvalue weighted by molar-refractivity contribution is 9.10. The van der Waals surface area contributed by atoms with Gasteiger partial charge >= 0.3 is 0 Å². The number of carbonyl (C=O) groups is 1. The minimum atomic E-state index is -0.836. The third kappa shape index (κ3) is 2.58. The number of halogens is 3. The fourth-order valence-electron chi connectivity index (χ4n) is 1.37. The fraction of sp³-hybridized carbons (Fsp3) is 0.364. The Labute approximate surface area is 101 Å². The first-order valence-corrected chi connectivity index (χ1v) is 5.74. The lowest BCUT2D eigenvalue weighted by atomic mass is 10.2. The van der Waals surface area contributed by atoms with Crippen LogP contribution in [0, 0.1) is 11.6 Å². The van der Waals surface area contributed by atoms with Crippen LogP contribution in [0.5, 0.6) is 0 Å². The van der Waals surface area contributed by atoms with Gasteiger partial charge < -0.3 is 4.90 Å². The zero-order chi connectivity index (χ0) is 12.3. The molecule has 0 aliphatic heterocycles. The second-order valence-corrected chi connectivity index (χ2v) is 4.08. The number of benzene rings is 1. The van der Waals surface area contributed by atoms with Crippen LogP contribution in [0.4, 0.5) is 8.78 Å². The van der Waals surface area contributed by atoms with Crippen molar-refractivity contribution in [3.8, 4) is 0 Å². The predicted molar refractivity (Wildman–Crippen MR) is 61.3 cm³/mol. The molecular weight excluding hydrogens is 280 g/mol. The van der Waals surface area contributed by atoms with Crippen LogP contribution in [0.15, 0.2) is 16.6 Å². The highest BCUT2D eigenvalue weighted by atomic mass is 79.9. The van der Waals surface area contributed by atoms with Gasteiger partial charge in [-0.2, -0.15) is 0 Å². The minimum Gasteiger partial charge on any atom is -0.339 e. The Morgan fingerprint density at radius 3 is 2.31 bits per heavy atom. The van der Waals surface area contributed by atoms with Crippen LogP contribution >= 0.6 is 15.9 Å². The second-order valence-electron chi connectivity index (χ2n) is 3.22. The maximum absolute atomic E-state index is 13.4. The number of amides is 1. The van der Waals surface area contributed by atoms with Crippen LogP contribution in [0.25, 0.3) is 0 Å². The topological polar surface area (TPSA) is 20.3 Å².